The molecule has 0 aromatic carbocycles. The van der Waals surface area contributed by atoms with Gasteiger partial charge in [0.15, 0.2) is 0 Å². The van der Waals surface area contributed by atoms with Gasteiger partial charge in [0.05, 0.1) is 24.0 Å². The van der Waals surface area contributed by atoms with E-state index in [2.05, 4.69) is 4.98 Å². The summed E-state index contributed by atoms with van der Waals surface area (Å²) in [6, 6.07) is 1.89. The summed E-state index contributed by atoms with van der Waals surface area (Å²) in [7, 11) is 1.22. The summed E-state index contributed by atoms with van der Waals surface area (Å²) in [5.41, 5.74) is 0.147. The summed E-state index contributed by atoms with van der Waals surface area (Å²) in [4.78, 5) is 4.18. The summed E-state index contributed by atoms with van der Waals surface area (Å²) in [5.74, 6) is 0.689. The lowest BCUT2D eigenvalue weighted by Crippen LogP contribution is -2.41. The second-order valence-corrected chi connectivity index (χ2v) is 5.88. The van der Waals surface area contributed by atoms with Crippen LogP contribution in [0.5, 0.6) is 5.75 Å². The fourth-order valence-electron chi connectivity index (χ4n) is 1.87. The smallest absolute Gasteiger partial charge is 0.490 e. The van der Waals surface area contributed by atoms with Crippen LogP contribution in [0, 0.1) is 0 Å². The molecule has 0 saturated carbocycles. The van der Waals surface area contributed by atoms with Crippen LogP contribution in [0.15, 0.2) is 18.5 Å². The molecule has 1 saturated heterocycles. The van der Waals surface area contributed by atoms with Crippen LogP contribution in [0.1, 0.15) is 27.7 Å². The first kappa shape index (κ1) is 15.3. The molecule has 1 aromatic rings. The van der Waals surface area contributed by atoms with Gasteiger partial charge in [-0.3, -0.25) is 4.98 Å². The quantitative estimate of drug-likeness (QED) is 0.602. The molecule has 1 aliphatic heterocycles. The van der Waals surface area contributed by atoms with Crippen molar-refractivity contribution in [3.05, 3.63) is 18.5 Å². The fraction of sp³-hybridized carbons (Fsp3) is 0.643. The number of ether oxygens (including phenoxy) is 2. The standard InChI is InChI=1S/C14H22BNO4/c1-13(2)14(3,4)20-15(19-13)11-8-12(10-16-9-11)18-7-6-17-5/h8-10H,6-7H2,1-5H3. The molecule has 1 fully saturated rings. The maximum Gasteiger partial charge on any atom is 0.496 e. The van der Waals surface area contributed by atoms with Crippen molar-refractivity contribution in [2.75, 3.05) is 20.3 Å². The zero-order valence-corrected chi connectivity index (χ0v) is 12.8. The van der Waals surface area contributed by atoms with E-state index in [4.69, 9.17) is 18.8 Å². The van der Waals surface area contributed by atoms with Gasteiger partial charge in [-0.25, -0.2) is 0 Å². The van der Waals surface area contributed by atoms with Crippen LogP contribution in [-0.4, -0.2) is 43.6 Å². The van der Waals surface area contributed by atoms with E-state index in [1.54, 1.807) is 19.5 Å². The fourth-order valence-corrected chi connectivity index (χ4v) is 1.87. The van der Waals surface area contributed by atoms with Gasteiger partial charge < -0.3 is 18.8 Å². The van der Waals surface area contributed by atoms with Crippen LogP contribution >= 0.6 is 0 Å². The second-order valence-electron chi connectivity index (χ2n) is 5.88. The molecule has 0 aliphatic carbocycles. The molecule has 0 spiro atoms. The second kappa shape index (κ2) is 5.72. The highest BCUT2D eigenvalue weighted by Crippen LogP contribution is 2.36. The summed E-state index contributed by atoms with van der Waals surface area (Å²) in [6.07, 6.45) is 3.41. The molecule has 0 amide bonds. The Morgan fingerprint density at radius 2 is 1.75 bits per heavy atom. The van der Waals surface area contributed by atoms with Gasteiger partial charge in [-0.1, -0.05) is 0 Å². The number of hydrogen-bond acceptors (Lipinski definition) is 5. The number of hydrogen-bond donors (Lipinski definition) is 0. The Morgan fingerprint density at radius 3 is 2.35 bits per heavy atom. The van der Waals surface area contributed by atoms with Crippen LogP contribution in [0.4, 0.5) is 0 Å². The van der Waals surface area contributed by atoms with Crippen LogP contribution in [0.3, 0.4) is 0 Å². The van der Waals surface area contributed by atoms with Crippen molar-refractivity contribution in [3.63, 3.8) is 0 Å². The number of nitrogens with zero attached hydrogens (tertiary/aromatic N) is 1. The van der Waals surface area contributed by atoms with E-state index >= 15 is 0 Å². The number of rotatable bonds is 5. The van der Waals surface area contributed by atoms with E-state index in [0.29, 0.717) is 19.0 Å². The number of methoxy groups -OCH3 is 1. The maximum absolute atomic E-state index is 5.99. The molecule has 0 radical (unpaired) electrons. The number of aromatic nitrogens is 1. The zero-order valence-electron chi connectivity index (χ0n) is 12.8. The number of pyridine rings is 1. The zero-order chi connectivity index (χ0) is 14.8. The van der Waals surface area contributed by atoms with Crippen molar-refractivity contribution in [3.8, 4) is 5.75 Å². The minimum absolute atomic E-state index is 0.357. The highest BCUT2D eigenvalue weighted by Gasteiger charge is 2.51. The molecule has 0 atom stereocenters. The molecule has 110 valence electrons. The first-order chi connectivity index (χ1) is 9.36. The lowest BCUT2D eigenvalue weighted by molar-refractivity contribution is 0.00578. The van der Waals surface area contributed by atoms with Gasteiger partial charge >= 0.3 is 7.12 Å². The molecule has 0 N–H and O–H groups in total. The van der Waals surface area contributed by atoms with Crippen molar-refractivity contribution >= 4 is 12.6 Å². The van der Waals surface area contributed by atoms with Gasteiger partial charge in [-0.15, -0.1) is 0 Å². The Labute approximate surface area is 120 Å². The normalized spacial score (nSPS) is 20.1. The molecule has 1 aliphatic rings. The first-order valence-electron chi connectivity index (χ1n) is 6.78. The third-order valence-electron chi connectivity index (χ3n) is 3.82. The van der Waals surface area contributed by atoms with E-state index in [1.807, 2.05) is 33.8 Å². The average Bonchev–Trinajstić information content (AvgIpc) is 2.59. The molecule has 2 heterocycles. The highest BCUT2D eigenvalue weighted by molar-refractivity contribution is 6.62. The molecule has 1 aromatic heterocycles. The van der Waals surface area contributed by atoms with Gasteiger partial charge in [0.1, 0.15) is 12.4 Å². The predicted octanol–water partition coefficient (Wildman–Crippen LogP) is 1.41. The molecule has 5 nitrogen and oxygen atoms in total. The van der Waals surface area contributed by atoms with Crippen molar-refractivity contribution in [2.45, 2.75) is 38.9 Å². The van der Waals surface area contributed by atoms with Gasteiger partial charge in [0, 0.05) is 18.8 Å². The van der Waals surface area contributed by atoms with Crippen LogP contribution in [0.25, 0.3) is 0 Å². The van der Waals surface area contributed by atoms with Crippen molar-refractivity contribution in [1.29, 1.82) is 0 Å². The van der Waals surface area contributed by atoms with Gasteiger partial charge in [-0.2, -0.15) is 0 Å². The van der Waals surface area contributed by atoms with E-state index in [9.17, 15) is 0 Å². The molecule has 20 heavy (non-hydrogen) atoms. The Kier molecular flexibility index (Phi) is 4.37. The minimum atomic E-state index is -0.418. The molecule has 0 bridgehead atoms. The van der Waals surface area contributed by atoms with Crippen molar-refractivity contribution < 1.29 is 18.8 Å². The Balaban J connectivity index is 2.09. The Morgan fingerprint density at radius 1 is 1.10 bits per heavy atom. The third kappa shape index (κ3) is 3.14. The topological polar surface area (TPSA) is 49.8 Å². The predicted molar refractivity (Wildman–Crippen MR) is 77.3 cm³/mol. The largest absolute Gasteiger partial charge is 0.496 e. The van der Waals surface area contributed by atoms with E-state index in [-0.39, 0.29) is 11.2 Å². The van der Waals surface area contributed by atoms with Gasteiger partial charge in [-0.05, 0) is 33.8 Å². The minimum Gasteiger partial charge on any atom is -0.490 e. The molecular formula is C14H22BNO4. The van der Waals surface area contributed by atoms with E-state index < -0.39 is 7.12 Å². The summed E-state index contributed by atoms with van der Waals surface area (Å²) < 4.78 is 22.5. The lowest BCUT2D eigenvalue weighted by atomic mass is 9.80. The first-order valence-corrected chi connectivity index (χ1v) is 6.78. The maximum atomic E-state index is 5.99. The monoisotopic (exact) mass is 279 g/mol. The molecule has 6 heteroatoms. The average molecular weight is 279 g/mol. The van der Waals surface area contributed by atoms with Crippen LogP contribution in [-0.2, 0) is 14.0 Å². The van der Waals surface area contributed by atoms with Crippen LogP contribution in [0.2, 0.25) is 0 Å². The lowest BCUT2D eigenvalue weighted by Gasteiger charge is -2.32. The van der Waals surface area contributed by atoms with E-state index in [1.165, 1.54) is 0 Å². The third-order valence-corrected chi connectivity index (χ3v) is 3.82. The van der Waals surface area contributed by atoms with Gasteiger partial charge in [0.25, 0.3) is 0 Å². The molecule has 2 rings (SSSR count). The van der Waals surface area contributed by atoms with Crippen molar-refractivity contribution in [1.82, 2.24) is 4.98 Å². The van der Waals surface area contributed by atoms with Crippen molar-refractivity contribution in [2.24, 2.45) is 0 Å². The van der Waals surface area contributed by atoms with Crippen LogP contribution < -0.4 is 10.2 Å². The summed E-state index contributed by atoms with van der Waals surface area (Å²) in [5, 5.41) is 0. The molecule has 0 unspecified atom stereocenters. The SMILES string of the molecule is COCCOc1cncc(B2OC(C)(C)C(C)(C)O2)c1. The summed E-state index contributed by atoms with van der Waals surface area (Å²) >= 11 is 0. The van der Waals surface area contributed by atoms with E-state index in [0.717, 1.165) is 5.46 Å². The Bertz CT molecular complexity index is 448. The summed E-state index contributed by atoms with van der Waals surface area (Å²) in [6.45, 7) is 9.14. The Hall–Kier alpha value is -1.11. The van der Waals surface area contributed by atoms with Gasteiger partial charge in [0.2, 0.25) is 0 Å². The highest BCUT2D eigenvalue weighted by atomic mass is 16.7. The molecular weight excluding hydrogens is 257 g/mol.